The van der Waals surface area contributed by atoms with Gasteiger partial charge in [0.15, 0.2) is 0 Å². The van der Waals surface area contributed by atoms with E-state index in [-0.39, 0.29) is 12.3 Å². The first kappa shape index (κ1) is 18.9. The Balaban J connectivity index is 0. The van der Waals surface area contributed by atoms with Gasteiger partial charge in [-0.3, -0.25) is 9.59 Å². The molecular weight excluding hydrogens is 236 g/mol. The molecule has 0 radical (unpaired) electrons. The number of carbonyl (C=O) groups excluding carboxylic acids is 2. The number of hydrogen-bond acceptors (Lipinski definition) is 4. The molecular formula is C12H24N2O4. The fourth-order valence-electron chi connectivity index (χ4n) is 1.29. The van der Waals surface area contributed by atoms with Gasteiger partial charge in [-0.1, -0.05) is 27.7 Å². The molecule has 0 aliphatic heterocycles. The van der Waals surface area contributed by atoms with Crippen molar-refractivity contribution in [2.45, 2.75) is 52.6 Å². The second-order valence-electron chi connectivity index (χ2n) is 3.39. The van der Waals surface area contributed by atoms with E-state index in [2.05, 4.69) is 10.6 Å². The van der Waals surface area contributed by atoms with E-state index >= 15 is 0 Å². The molecule has 6 nitrogen and oxygen atoms in total. The molecule has 0 rings (SSSR count). The van der Waals surface area contributed by atoms with Crippen molar-refractivity contribution in [3.05, 3.63) is 0 Å². The summed E-state index contributed by atoms with van der Waals surface area (Å²) in [5, 5.41) is 13.7. The van der Waals surface area contributed by atoms with Crippen LogP contribution in [0.2, 0.25) is 0 Å². The van der Waals surface area contributed by atoms with Crippen molar-refractivity contribution in [1.82, 2.24) is 10.6 Å². The van der Waals surface area contributed by atoms with E-state index in [0.717, 1.165) is 0 Å². The minimum atomic E-state index is -1.52. The molecule has 3 N–H and O–H groups in total. The van der Waals surface area contributed by atoms with Crippen LogP contribution in [0.5, 0.6) is 0 Å². The summed E-state index contributed by atoms with van der Waals surface area (Å²) in [5.74, 6) is -2.86. The molecule has 0 saturated carbocycles. The molecule has 0 spiro atoms. The SMILES string of the molecule is CC.CCC(NC(=O)[C@H](CC)NC)C(=O)C(=O)O. The number of amides is 1. The van der Waals surface area contributed by atoms with E-state index in [9.17, 15) is 14.4 Å². The summed E-state index contributed by atoms with van der Waals surface area (Å²) in [6.07, 6.45) is 0.830. The molecule has 0 aromatic rings. The van der Waals surface area contributed by atoms with E-state index in [0.29, 0.717) is 6.42 Å². The van der Waals surface area contributed by atoms with Crippen LogP contribution in [0, 0.1) is 0 Å². The molecule has 6 heteroatoms. The van der Waals surface area contributed by atoms with Gasteiger partial charge in [0.25, 0.3) is 5.78 Å². The van der Waals surface area contributed by atoms with Gasteiger partial charge in [0, 0.05) is 0 Å². The Kier molecular flexibility index (Phi) is 11.3. The molecule has 1 unspecified atom stereocenters. The van der Waals surface area contributed by atoms with Crippen molar-refractivity contribution in [3.63, 3.8) is 0 Å². The fourth-order valence-corrected chi connectivity index (χ4v) is 1.29. The molecule has 1 amide bonds. The first-order chi connectivity index (χ1) is 8.47. The number of nitrogens with one attached hydrogen (secondary N) is 2. The lowest BCUT2D eigenvalue weighted by atomic mass is 10.1. The number of likely N-dealkylation sites (N-methyl/N-ethyl adjacent to an activating group) is 1. The number of carbonyl (C=O) groups is 3. The Morgan fingerprint density at radius 2 is 1.50 bits per heavy atom. The van der Waals surface area contributed by atoms with Gasteiger partial charge in [0.2, 0.25) is 5.91 Å². The maximum Gasteiger partial charge on any atom is 0.374 e. The average Bonchev–Trinajstić information content (AvgIpc) is 2.38. The molecule has 2 atom stereocenters. The summed E-state index contributed by atoms with van der Waals surface area (Å²) < 4.78 is 0. The van der Waals surface area contributed by atoms with Crippen LogP contribution in [-0.2, 0) is 14.4 Å². The van der Waals surface area contributed by atoms with Gasteiger partial charge in [-0.15, -0.1) is 0 Å². The molecule has 0 aliphatic carbocycles. The summed E-state index contributed by atoms with van der Waals surface area (Å²) in [6.45, 7) is 7.47. The van der Waals surface area contributed by atoms with Crippen LogP contribution < -0.4 is 10.6 Å². The lowest BCUT2D eigenvalue weighted by molar-refractivity contribution is -0.150. The highest BCUT2D eigenvalue weighted by molar-refractivity contribution is 6.35. The summed E-state index contributed by atoms with van der Waals surface area (Å²) in [6, 6.07) is -1.36. The number of Topliss-reactive ketones (excluding diaryl/α,β-unsaturated/α-hetero) is 1. The Morgan fingerprint density at radius 3 is 1.78 bits per heavy atom. The van der Waals surface area contributed by atoms with Crippen molar-refractivity contribution in [1.29, 1.82) is 0 Å². The molecule has 0 aromatic carbocycles. The molecule has 0 fully saturated rings. The largest absolute Gasteiger partial charge is 0.475 e. The van der Waals surface area contributed by atoms with Gasteiger partial charge in [-0.25, -0.2) is 4.79 Å². The number of rotatable bonds is 7. The molecule has 18 heavy (non-hydrogen) atoms. The quantitative estimate of drug-likeness (QED) is 0.581. The van der Waals surface area contributed by atoms with Gasteiger partial charge in [0.05, 0.1) is 12.1 Å². The van der Waals surface area contributed by atoms with E-state index in [4.69, 9.17) is 5.11 Å². The Labute approximate surface area is 108 Å². The minimum absolute atomic E-state index is 0.261. The van der Waals surface area contributed by atoms with E-state index in [1.54, 1.807) is 14.0 Å². The van der Waals surface area contributed by atoms with Gasteiger partial charge in [-0.05, 0) is 19.9 Å². The monoisotopic (exact) mass is 260 g/mol. The van der Waals surface area contributed by atoms with Crippen molar-refractivity contribution >= 4 is 17.7 Å². The highest BCUT2D eigenvalue weighted by atomic mass is 16.4. The Morgan fingerprint density at radius 1 is 1.06 bits per heavy atom. The zero-order valence-corrected chi connectivity index (χ0v) is 11.7. The zero-order chi connectivity index (χ0) is 14.7. The van der Waals surface area contributed by atoms with Crippen molar-refractivity contribution in [2.24, 2.45) is 0 Å². The normalized spacial score (nSPS) is 12.7. The van der Waals surface area contributed by atoms with Crippen molar-refractivity contribution < 1.29 is 19.5 Å². The van der Waals surface area contributed by atoms with E-state index in [1.807, 2.05) is 20.8 Å². The third-order valence-electron chi connectivity index (χ3n) is 2.33. The molecule has 0 bridgehead atoms. The maximum atomic E-state index is 11.6. The third-order valence-corrected chi connectivity index (χ3v) is 2.33. The smallest absolute Gasteiger partial charge is 0.374 e. The van der Waals surface area contributed by atoms with Crippen LogP contribution in [-0.4, -0.2) is 41.9 Å². The van der Waals surface area contributed by atoms with Gasteiger partial charge in [0.1, 0.15) is 0 Å². The van der Waals surface area contributed by atoms with Crippen LogP contribution in [0.4, 0.5) is 0 Å². The number of carboxylic acid groups (broad SMARTS) is 1. The lowest BCUT2D eigenvalue weighted by Crippen LogP contribution is -2.50. The van der Waals surface area contributed by atoms with Gasteiger partial charge in [-0.2, -0.15) is 0 Å². The summed E-state index contributed by atoms with van der Waals surface area (Å²) >= 11 is 0. The molecule has 0 aromatic heterocycles. The summed E-state index contributed by atoms with van der Waals surface area (Å²) in [4.78, 5) is 33.2. The highest BCUT2D eigenvalue weighted by Gasteiger charge is 2.26. The predicted octanol–water partition coefficient (Wildman–Crippen LogP) is 0.559. The maximum absolute atomic E-state index is 11.6. The van der Waals surface area contributed by atoms with Gasteiger partial charge >= 0.3 is 5.97 Å². The fraction of sp³-hybridized carbons (Fsp3) is 0.750. The average molecular weight is 260 g/mol. The first-order valence-electron chi connectivity index (χ1n) is 6.22. The second-order valence-corrected chi connectivity index (χ2v) is 3.39. The van der Waals surface area contributed by atoms with Crippen molar-refractivity contribution in [3.8, 4) is 0 Å². The Bertz CT molecular complexity index is 275. The third kappa shape index (κ3) is 6.34. The van der Waals surface area contributed by atoms with Gasteiger partial charge < -0.3 is 15.7 Å². The number of carboxylic acids is 1. The predicted molar refractivity (Wildman–Crippen MR) is 69.4 cm³/mol. The highest BCUT2D eigenvalue weighted by Crippen LogP contribution is 1.97. The summed E-state index contributed by atoms with van der Waals surface area (Å²) in [5.41, 5.74) is 0. The summed E-state index contributed by atoms with van der Waals surface area (Å²) in [7, 11) is 1.63. The number of hydrogen-bond donors (Lipinski definition) is 3. The minimum Gasteiger partial charge on any atom is -0.475 e. The first-order valence-corrected chi connectivity index (χ1v) is 6.22. The van der Waals surface area contributed by atoms with E-state index < -0.39 is 23.8 Å². The molecule has 0 aliphatic rings. The number of ketones is 1. The molecule has 0 saturated heterocycles. The van der Waals surface area contributed by atoms with Crippen molar-refractivity contribution in [2.75, 3.05) is 7.05 Å². The van der Waals surface area contributed by atoms with Crippen LogP contribution in [0.1, 0.15) is 40.5 Å². The molecule has 106 valence electrons. The van der Waals surface area contributed by atoms with Crippen LogP contribution in [0.15, 0.2) is 0 Å². The standard InChI is InChI=1S/C10H18N2O4.C2H6/c1-4-6(8(13)10(15)16)12-9(14)7(5-2)11-3;1-2/h6-7,11H,4-5H2,1-3H3,(H,12,14)(H,15,16);1-2H3/t6?,7-;/m0./s1. The lowest BCUT2D eigenvalue weighted by Gasteiger charge is -2.18. The molecule has 0 heterocycles. The Hall–Kier alpha value is -1.43. The van der Waals surface area contributed by atoms with Crippen LogP contribution in [0.3, 0.4) is 0 Å². The zero-order valence-electron chi connectivity index (χ0n) is 11.7. The van der Waals surface area contributed by atoms with Crippen LogP contribution >= 0.6 is 0 Å². The van der Waals surface area contributed by atoms with E-state index in [1.165, 1.54) is 0 Å². The number of aliphatic carboxylic acids is 1. The van der Waals surface area contributed by atoms with Crippen LogP contribution in [0.25, 0.3) is 0 Å². The second kappa shape index (κ2) is 10.7. The topological polar surface area (TPSA) is 95.5 Å².